The predicted octanol–water partition coefficient (Wildman–Crippen LogP) is -0.521. The van der Waals surface area contributed by atoms with Gasteiger partial charge in [0.1, 0.15) is 5.00 Å². The average molecular weight is 299 g/mol. The maximum atomic E-state index is 12.0. The van der Waals surface area contributed by atoms with Gasteiger partial charge in [0, 0.05) is 6.54 Å². The lowest BCUT2D eigenvalue weighted by molar-refractivity contribution is -0.120. The Morgan fingerprint density at radius 2 is 2.40 bits per heavy atom. The van der Waals surface area contributed by atoms with Crippen LogP contribution in [0.15, 0.2) is 11.4 Å². The Morgan fingerprint density at radius 1 is 1.60 bits per heavy atom. The van der Waals surface area contributed by atoms with Gasteiger partial charge in [-0.1, -0.05) is 0 Å². The second-order valence-corrected chi connectivity index (χ2v) is 5.37. The van der Waals surface area contributed by atoms with Gasteiger partial charge >= 0.3 is 0 Å². The molecule has 0 bridgehead atoms. The summed E-state index contributed by atoms with van der Waals surface area (Å²) in [7, 11) is 0. The normalized spacial score (nSPS) is 19.8. The highest BCUT2D eigenvalue weighted by atomic mass is 32.1. The third-order valence-electron chi connectivity index (χ3n) is 3.09. The number of carbonyl (C=O) groups is 2. The van der Waals surface area contributed by atoms with Crippen molar-refractivity contribution in [3.63, 3.8) is 0 Å². The average Bonchev–Trinajstić information content (AvgIpc) is 2.87. The van der Waals surface area contributed by atoms with Crippen molar-refractivity contribution >= 4 is 28.2 Å². The third-order valence-corrected chi connectivity index (χ3v) is 3.92. The lowest BCUT2D eigenvalue weighted by atomic mass is 10.2. The predicted molar refractivity (Wildman–Crippen MR) is 74.7 cm³/mol. The van der Waals surface area contributed by atoms with Crippen LogP contribution < -0.4 is 11.1 Å². The second-order valence-electron chi connectivity index (χ2n) is 4.46. The smallest absolute Gasteiger partial charge is 0.251 e. The van der Waals surface area contributed by atoms with Gasteiger partial charge in [0.05, 0.1) is 38.0 Å². The Kier molecular flexibility index (Phi) is 5.07. The van der Waals surface area contributed by atoms with E-state index < -0.39 is 5.91 Å². The summed E-state index contributed by atoms with van der Waals surface area (Å²) in [6.07, 6.45) is 0. The molecule has 110 valence electrons. The number of primary amides is 1. The van der Waals surface area contributed by atoms with Gasteiger partial charge in [0.2, 0.25) is 5.91 Å². The van der Waals surface area contributed by atoms with Crippen molar-refractivity contribution in [3.8, 4) is 0 Å². The van der Waals surface area contributed by atoms with Crippen LogP contribution in [0.5, 0.6) is 0 Å². The maximum absolute atomic E-state index is 12.0. The van der Waals surface area contributed by atoms with Crippen LogP contribution >= 0.6 is 11.3 Å². The summed E-state index contributed by atoms with van der Waals surface area (Å²) in [5.74, 6) is -0.809. The van der Waals surface area contributed by atoms with Gasteiger partial charge in [-0.15, -0.1) is 11.3 Å². The number of rotatable bonds is 5. The minimum Gasteiger partial charge on any atom is -0.395 e. The molecule has 2 rings (SSSR count). The lowest BCUT2D eigenvalue weighted by Crippen LogP contribution is -2.50. The molecule has 4 N–H and O–H groups in total. The van der Waals surface area contributed by atoms with E-state index in [0.29, 0.717) is 30.3 Å². The van der Waals surface area contributed by atoms with Crippen LogP contribution in [-0.2, 0) is 9.53 Å². The zero-order valence-corrected chi connectivity index (χ0v) is 11.7. The number of carbonyl (C=O) groups excluding carboxylic acids is 2. The number of amides is 2. The Balaban J connectivity index is 1.94. The van der Waals surface area contributed by atoms with Crippen molar-refractivity contribution in [1.82, 2.24) is 4.90 Å². The molecule has 8 heteroatoms. The highest BCUT2D eigenvalue weighted by Crippen LogP contribution is 2.22. The Hall–Kier alpha value is -1.48. The first kappa shape index (κ1) is 14.9. The molecule has 1 aliphatic rings. The van der Waals surface area contributed by atoms with Gasteiger partial charge in [0.15, 0.2) is 0 Å². The number of anilines is 1. The van der Waals surface area contributed by atoms with E-state index in [-0.39, 0.29) is 25.1 Å². The van der Waals surface area contributed by atoms with Gasteiger partial charge < -0.3 is 20.9 Å². The highest BCUT2D eigenvalue weighted by molar-refractivity contribution is 7.14. The van der Waals surface area contributed by atoms with E-state index in [2.05, 4.69) is 5.32 Å². The van der Waals surface area contributed by atoms with Crippen molar-refractivity contribution in [2.75, 3.05) is 38.2 Å². The number of nitrogens with one attached hydrogen (secondary N) is 1. The fourth-order valence-corrected chi connectivity index (χ4v) is 2.82. The van der Waals surface area contributed by atoms with Crippen LogP contribution in [0, 0.1) is 0 Å². The molecule has 0 aromatic carbocycles. The first-order valence-electron chi connectivity index (χ1n) is 6.21. The molecule has 0 saturated carbocycles. The molecule has 1 aromatic rings. The van der Waals surface area contributed by atoms with Crippen molar-refractivity contribution in [1.29, 1.82) is 0 Å². The minimum atomic E-state index is -0.568. The highest BCUT2D eigenvalue weighted by Gasteiger charge is 2.24. The molecular weight excluding hydrogens is 282 g/mol. The molecule has 1 aromatic heterocycles. The molecule has 1 saturated heterocycles. The van der Waals surface area contributed by atoms with Crippen molar-refractivity contribution in [2.24, 2.45) is 5.73 Å². The fourth-order valence-electron chi connectivity index (χ4n) is 2.02. The molecule has 1 atom stereocenters. The van der Waals surface area contributed by atoms with Gasteiger partial charge in [0.25, 0.3) is 5.91 Å². The van der Waals surface area contributed by atoms with E-state index >= 15 is 0 Å². The molecular formula is C12H17N3O4S. The van der Waals surface area contributed by atoms with Crippen LogP contribution in [-0.4, -0.2) is 60.8 Å². The first-order chi connectivity index (χ1) is 9.61. The minimum absolute atomic E-state index is 0.0567. The van der Waals surface area contributed by atoms with Crippen LogP contribution in [0.3, 0.4) is 0 Å². The van der Waals surface area contributed by atoms with Gasteiger partial charge in [-0.05, 0) is 11.4 Å². The number of aliphatic hydroxyl groups excluding tert-OH is 1. The Labute approximate surface area is 120 Å². The molecule has 0 spiro atoms. The van der Waals surface area contributed by atoms with E-state index in [1.165, 1.54) is 11.3 Å². The van der Waals surface area contributed by atoms with E-state index in [1.54, 1.807) is 11.4 Å². The summed E-state index contributed by atoms with van der Waals surface area (Å²) in [5, 5.41) is 14.1. The summed E-state index contributed by atoms with van der Waals surface area (Å²) in [4.78, 5) is 25.0. The summed E-state index contributed by atoms with van der Waals surface area (Å²) >= 11 is 1.25. The number of thiophene rings is 1. The molecule has 1 fully saturated rings. The molecule has 20 heavy (non-hydrogen) atoms. The quantitative estimate of drug-likeness (QED) is 0.678. The lowest BCUT2D eigenvalue weighted by Gasteiger charge is -2.33. The number of hydrogen-bond donors (Lipinski definition) is 3. The molecule has 1 aliphatic heterocycles. The summed E-state index contributed by atoms with van der Waals surface area (Å²) in [6, 6.07) is 1.40. The summed E-state index contributed by atoms with van der Waals surface area (Å²) < 4.78 is 5.25. The van der Waals surface area contributed by atoms with Crippen molar-refractivity contribution < 1.29 is 19.4 Å². The van der Waals surface area contributed by atoms with Crippen LogP contribution in [0.4, 0.5) is 5.00 Å². The fraction of sp³-hybridized carbons (Fsp3) is 0.500. The summed E-state index contributed by atoms with van der Waals surface area (Å²) in [6.45, 7) is 1.62. The SMILES string of the molecule is NC(=O)c1ccsc1NC(=O)CN1CCOCC1CO. The van der Waals surface area contributed by atoms with E-state index in [4.69, 9.17) is 10.5 Å². The van der Waals surface area contributed by atoms with Crippen LogP contribution in [0.25, 0.3) is 0 Å². The molecule has 1 unspecified atom stereocenters. The molecule has 2 heterocycles. The molecule has 0 aliphatic carbocycles. The number of nitrogens with zero attached hydrogens (tertiary/aromatic N) is 1. The van der Waals surface area contributed by atoms with Crippen LogP contribution in [0.2, 0.25) is 0 Å². The van der Waals surface area contributed by atoms with Crippen molar-refractivity contribution in [2.45, 2.75) is 6.04 Å². The standard InChI is InChI=1S/C12H17N3O4S/c13-11(18)9-1-4-20-12(9)14-10(17)5-15-2-3-19-7-8(15)6-16/h1,4,8,16H,2-3,5-7H2,(H2,13,18)(H,14,17). The van der Waals surface area contributed by atoms with Crippen LogP contribution in [0.1, 0.15) is 10.4 Å². The van der Waals surface area contributed by atoms with Gasteiger partial charge in [-0.25, -0.2) is 0 Å². The number of hydrogen-bond acceptors (Lipinski definition) is 6. The van der Waals surface area contributed by atoms with Gasteiger partial charge in [-0.2, -0.15) is 0 Å². The molecule has 2 amide bonds. The van der Waals surface area contributed by atoms with E-state index in [0.717, 1.165) is 0 Å². The largest absolute Gasteiger partial charge is 0.395 e. The monoisotopic (exact) mass is 299 g/mol. The van der Waals surface area contributed by atoms with Crippen molar-refractivity contribution in [3.05, 3.63) is 17.0 Å². The van der Waals surface area contributed by atoms with E-state index in [9.17, 15) is 14.7 Å². The Bertz CT molecular complexity index is 491. The number of morpholine rings is 1. The third kappa shape index (κ3) is 3.54. The topological polar surface area (TPSA) is 105 Å². The number of ether oxygens (including phenoxy) is 1. The number of nitrogens with two attached hydrogens (primary N) is 1. The first-order valence-corrected chi connectivity index (χ1v) is 7.09. The summed E-state index contributed by atoms with van der Waals surface area (Å²) in [5.41, 5.74) is 5.53. The molecule has 7 nitrogen and oxygen atoms in total. The zero-order valence-electron chi connectivity index (χ0n) is 10.9. The molecule has 0 radical (unpaired) electrons. The maximum Gasteiger partial charge on any atom is 0.251 e. The zero-order chi connectivity index (χ0) is 14.5. The Morgan fingerprint density at radius 3 is 3.10 bits per heavy atom. The second kappa shape index (κ2) is 6.80. The van der Waals surface area contributed by atoms with E-state index in [1.807, 2.05) is 4.90 Å². The van der Waals surface area contributed by atoms with Gasteiger partial charge in [-0.3, -0.25) is 14.5 Å². The number of aliphatic hydroxyl groups is 1.